The Morgan fingerprint density at radius 1 is 1.24 bits per heavy atom. The van der Waals surface area contributed by atoms with E-state index in [0.29, 0.717) is 27.9 Å². The molecule has 9 heteroatoms. The lowest BCUT2D eigenvalue weighted by atomic mass is 10.1. The number of anilines is 1. The molecule has 1 aliphatic rings. The zero-order valence-electron chi connectivity index (χ0n) is 14.8. The molecule has 2 heterocycles. The smallest absolute Gasteiger partial charge is 0.387 e. The van der Waals surface area contributed by atoms with Crippen LogP contribution < -0.4 is 19.5 Å². The summed E-state index contributed by atoms with van der Waals surface area (Å²) in [6.07, 6.45) is 1.41. The Morgan fingerprint density at radius 3 is 2.90 bits per heavy atom. The van der Waals surface area contributed by atoms with Crippen LogP contribution in [0.5, 0.6) is 17.2 Å². The molecule has 0 spiro atoms. The maximum absolute atomic E-state index is 12.5. The monoisotopic (exact) mass is 413 g/mol. The Kier molecular flexibility index (Phi) is 5.27. The number of hydrogen-bond acceptors (Lipinski definition) is 7. The minimum absolute atomic E-state index is 0.0174. The quantitative estimate of drug-likeness (QED) is 0.566. The van der Waals surface area contributed by atoms with Gasteiger partial charge in [0.05, 0.1) is 11.4 Å². The molecule has 146 valence electrons. The molecule has 0 aliphatic carbocycles. The van der Waals surface area contributed by atoms with Gasteiger partial charge in [-0.1, -0.05) is 12.1 Å². The first kappa shape index (κ1) is 18.7. The second-order valence-corrected chi connectivity index (χ2v) is 6.65. The van der Waals surface area contributed by atoms with Gasteiger partial charge in [0, 0.05) is 17.1 Å². The Hall–Kier alpha value is -3.64. The van der Waals surface area contributed by atoms with Crippen LogP contribution in [0.3, 0.4) is 0 Å². The fraction of sp³-hybridized carbons (Fsp3) is 0.100. The van der Waals surface area contributed by atoms with E-state index in [1.54, 1.807) is 24.3 Å². The molecule has 3 aromatic rings. The van der Waals surface area contributed by atoms with E-state index < -0.39 is 6.61 Å². The molecular formula is C20H13F2N3O3S. The highest BCUT2D eigenvalue weighted by molar-refractivity contribution is 7.11. The predicted octanol–water partition coefficient (Wildman–Crippen LogP) is 5.12. The molecule has 2 aromatic carbocycles. The zero-order valence-corrected chi connectivity index (χ0v) is 15.6. The first-order valence-corrected chi connectivity index (χ1v) is 9.28. The van der Waals surface area contributed by atoms with Crippen LogP contribution in [0.25, 0.3) is 16.8 Å². The molecule has 0 saturated heterocycles. The number of allylic oxidation sites excluding steroid dienone is 1. The van der Waals surface area contributed by atoms with E-state index in [9.17, 15) is 14.0 Å². The minimum atomic E-state index is -2.94. The predicted molar refractivity (Wildman–Crippen MR) is 104 cm³/mol. The molecule has 29 heavy (non-hydrogen) atoms. The van der Waals surface area contributed by atoms with Crippen LogP contribution in [0, 0.1) is 11.3 Å². The van der Waals surface area contributed by atoms with Crippen LogP contribution in [0.1, 0.15) is 5.01 Å². The van der Waals surface area contributed by atoms with Crippen LogP contribution in [0.2, 0.25) is 0 Å². The number of fused-ring (bicyclic) bond motifs is 1. The third kappa shape index (κ3) is 4.12. The molecule has 4 rings (SSSR count). The summed E-state index contributed by atoms with van der Waals surface area (Å²) < 4.78 is 40.2. The molecule has 0 amide bonds. The summed E-state index contributed by atoms with van der Waals surface area (Å²) in [4.78, 5) is 4.50. The van der Waals surface area contributed by atoms with Gasteiger partial charge in [0.1, 0.15) is 22.4 Å². The topological polar surface area (TPSA) is 76.4 Å². The van der Waals surface area contributed by atoms with Gasteiger partial charge in [-0.3, -0.25) is 0 Å². The number of nitrogens with one attached hydrogen (secondary N) is 1. The molecule has 1 aliphatic heterocycles. The minimum Gasteiger partial charge on any atom is -0.454 e. The van der Waals surface area contributed by atoms with Crippen molar-refractivity contribution in [2.45, 2.75) is 6.61 Å². The molecule has 0 atom stereocenters. The van der Waals surface area contributed by atoms with Crippen LogP contribution in [0.4, 0.5) is 14.5 Å². The van der Waals surface area contributed by atoms with Crippen molar-refractivity contribution >= 4 is 22.6 Å². The number of alkyl halides is 2. The van der Waals surface area contributed by atoms with E-state index in [-0.39, 0.29) is 18.1 Å². The third-order valence-electron chi connectivity index (χ3n) is 4.00. The molecule has 0 unspecified atom stereocenters. The SMILES string of the molecule is N#C/C(=C\Nc1ccccc1OC(F)F)c1nc(-c2ccc3c(c2)OCO3)cs1. The molecule has 1 aromatic heterocycles. The second-order valence-electron chi connectivity index (χ2n) is 5.79. The lowest BCUT2D eigenvalue weighted by Gasteiger charge is -2.10. The normalized spacial score (nSPS) is 12.7. The number of aromatic nitrogens is 1. The number of halogens is 2. The first-order valence-electron chi connectivity index (χ1n) is 8.40. The van der Waals surface area contributed by atoms with Crippen molar-refractivity contribution in [1.82, 2.24) is 4.98 Å². The van der Waals surface area contributed by atoms with Gasteiger partial charge >= 0.3 is 6.61 Å². The summed E-state index contributed by atoms with van der Waals surface area (Å²) in [6.45, 7) is -2.76. The van der Waals surface area contributed by atoms with E-state index in [1.165, 1.54) is 23.6 Å². The van der Waals surface area contributed by atoms with Crippen LogP contribution in [-0.2, 0) is 0 Å². The lowest BCUT2D eigenvalue weighted by Crippen LogP contribution is -2.04. The number of nitriles is 1. The Bertz CT molecular complexity index is 1110. The van der Waals surface area contributed by atoms with Crippen molar-refractivity contribution in [1.29, 1.82) is 5.26 Å². The summed E-state index contributed by atoms with van der Waals surface area (Å²) in [5, 5.41) is 14.6. The van der Waals surface area contributed by atoms with E-state index in [2.05, 4.69) is 21.1 Å². The number of para-hydroxylation sites is 2. The number of benzene rings is 2. The summed E-state index contributed by atoms with van der Waals surface area (Å²) >= 11 is 1.30. The highest BCUT2D eigenvalue weighted by atomic mass is 32.1. The summed E-state index contributed by atoms with van der Waals surface area (Å²) in [6, 6.07) is 13.8. The Labute approximate surface area is 168 Å². The molecule has 0 fully saturated rings. The zero-order chi connectivity index (χ0) is 20.2. The fourth-order valence-electron chi connectivity index (χ4n) is 2.66. The van der Waals surface area contributed by atoms with Crippen molar-refractivity contribution < 1.29 is 23.0 Å². The van der Waals surface area contributed by atoms with Crippen molar-refractivity contribution in [3.63, 3.8) is 0 Å². The van der Waals surface area contributed by atoms with Gasteiger partial charge in [0.2, 0.25) is 6.79 Å². The maximum Gasteiger partial charge on any atom is 0.387 e. The highest BCUT2D eigenvalue weighted by Gasteiger charge is 2.16. The Balaban J connectivity index is 1.56. The molecule has 0 bridgehead atoms. The summed E-state index contributed by atoms with van der Waals surface area (Å²) in [5.74, 6) is 1.30. The van der Waals surface area contributed by atoms with Crippen molar-refractivity contribution in [2.75, 3.05) is 12.1 Å². The number of ether oxygens (including phenoxy) is 3. The van der Waals surface area contributed by atoms with Gasteiger partial charge in [-0.25, -0.2) is 4.98 Å². The number of nitrogens with zero attached hydrogens (tertiary/aromatic N) is 2. The third-order valence-corrected chi connectivity index (χ3v) is 4.87. The van der Waals surface area contributed by atoms with Gasteiger partial charge < -0.3 is 19.5 Å². The van der Waals surface area contributed by atoms with Gasteiger partial charge in [-0.05, 0) is 30.3 Å². The number of hydrogen-bond donors (Lipinski definition) is 1. The van der Waals surface area contributed by atoms with Crippen molar-refractivity contribution in [3.8, 4) is 34.6 Å². The standard InChI is InChI=1S/C20H13F2N3O3S/c21-20(22)28-16-4-2-1-3-14(16)24-9-13(8-23)19-25-15(10-29-19)12-5-6-17-18(7-12)27-11-26-17/h1-7,9-10,20,24H,11H2/b13-9+. The summed E-state index contributed by atoms with van der Waals surface area (Å²) in [7, 11) is 0. The molecule has 6 nitrogen and oxygen atoms in total. The molecule has 0 radical (unpaired) electrons. The van der Waals surface area contributed by atoms with E-state index in [0.717, 1.165) is 5.56 Å². The van der Waals surface area contributed by atoms with Crippen LogP contribution in [-0.4, -0.2) is 18.4 Å². The maximum atomic E-state index is 12.5. The molecule has 0 saturated carbocycles. The van der Waals surface area contributed by atoms with Gasteiger partial charge in [0.15, 0.2) is 11.5 Å². The highest BCUT2D eigenvalue weighted by Crippen LogP contribution is 2.36. The molecule has 1 N–H and O–H groups in total. The van der Waals surface area contributed by atoms with Crippen molar-refractivity contribution in [2.24, 2.45) is 0 Å². The lowest BCUT2D eigenvalue weighted by molar-refractivity contribution is -0.0493. The number of thiazole rings is 1. The first-order chi connectivity index (χ1) is 14.1. The van der Waals surface area contributed by atoms with E-state index in [4.69, 9.17) is 9.47 Å². The fourth-order valence-corrected chi connectivity index (χ4v) is 3.46. The average Bonchev–Trinajstić information content (AvgIpc) is 3.38. The largest absolute Gasteiger partial charge is 0.454 e. The van der Waals surface area contributed by atoms with E-state index >= 15 is 0 Å². The van der Waals surface area contributed by atoms with Gasteiger partial charge in [-0.15, -0.1) is 11.3 Å². The average molecular weight is 413 g/mol. The second kappa shape index (κ2) is 8.16. The van der Waals surface area contributed by atoms with Crippen LogP contribution >= 0.6 is 11.3 Å². The summed E-state index contributed by atoms with van der Waals surface area (Å²) in [5.41, 5.74) is 2.09. The van der Waals surface area contributed by atoms with E-state index in [1.807, 2.05) is 17.5 Å². The van der Waals surface area contributed by atoms with Gasteiger partial charge in [0.25, 0.3) is 0 Å². The van der Waals surface area contributed by atoms with Crippen molar-refractivity contribution in [3.05, 3.63) is 59.1 Å². The number of rotatable bonds is 6. The molecular weight excluding hydrogens is 400 g/mol. The van der Waals surface area contributed by atoms with Crippen LogP contribution in [0.15, 0.2) is 54.0 Å². The van der Waals surface area contributed by atoms with Gasteiger partial charge in [-0.2, -0.15) is 14.0 Å². The Morgan fingerprint density at radius 2 is 2.07 bits per heavy atom.